The van der Waals surface area contributed by atoms with Gasteiger partial charge in [-0.1, -0.05) is 0 Å². The maximum absolute atomic E-state index is 13.1. The summed E-state index contributed by atoms with van der Waals surface area (Å²) in [6, 6.07) is 9.58. The minimum atomic E-state index is -0.280. The second-order valence-corrected chi connectivity index (χ2v) is 7.12. The quantitative estimate of drug-likeness (QED) is 0.694. The molecule has 0 saturated heterocycles. The normalized spacial score (nSPS) is 11.9. The number of aryl methyl sites for hydroxylation is 1. The highest BCUT2D eigenvalue weighted by Crippen LogP contribution is 2.32. The molecule has 0 spiro atoms. The number of ether oxygens (including phenoxy) is 1. The molecule has 0 radical (unpaired) electrons. The summed E-state index contributed by atoms with van der Waals surface area (Å²) in [5.41, 5.74) is 2.30. The van der Waals surface area contributed by atoms with Crippen molar-refractivity contribution >= 4 is 17.2 Å². The van der Waals surface area contributed by atoms with E-state index >= 15 is 0 Å². The number of nitrogens with one attached hydrogen (secondary N) is 1. The highest BCUT2D eigenvalue weighted by Gasteiger charge is 2.18. The first-order chi connectivity index (χ1) is 13.0. The van der Waals surface area contributed by atoms with Gasteiger partial charge in [-0.2, -0.15) is 0 Å². The van der Waals surface area contributed by atoms with E-state index in [0.717, 1.165) is 21.1 Å². The van der Waals surface area contributed by atoms with Gasteiger partial charge in [-0.3, -0.25) is 9.78 Å². The number of nitrogens with zero attached hydrogens (tertiary/aromatic N) is 2. The van der Waals surface area contributed by atoms with E-state index in [-0.39, 0.29) is 24.2 Å². The Balaban J connectivity index is 1.71. The van der Waals surface area contributed by atoms with Crippen molar-refractivity contribution in [2.75, 3.05) is 7.11 Å². The molecule has 0 bridgehead atoms. The number of hydrogen-bond acceptors (Lipinski definition) is 5. The van der Waals surface area contributed by atoms with E-state index in [1.54, 1.807) is 37.6 Å². The van der Waals surface area contributed by atoms with Crippen molar-refractivity contribution in [3.8, 4) is 16.3 Å². The molecule has 1 atom stereocenters. The largest absolute Gasteiger partial charge is 0.495 e. The fraction of sp³-hybridized carbons (Fsp3) is 0.250. The SMILES string of the molecule is COc1cccnc1CC(=O)NC(C)c1sc(-c2ccc(F)cc2)nc1C. The Morgan fingerprint density at radius 1 is 1.30 bits per heavy atom. The van der Waals surface area contributed by atoms with Crippen molar-refractivity contribution in [1.82, 2.24) is 15.3 Å². The van der Waals surface area contributed by atoms with Gasteiger partial charge in [0.2, 0.25) is 5.91 Å². The van der Waals surface area contributed by atoms with Crippen molar-refractivity contribution < 1.29 is 13.9 Å². The lowest BCUT2D eigenvalue weighted by Crippen LogP contribution is -2.28. The predicted octanol–water partition coefficient (Wildman–Crippen LogP) is 4.08. The smallest absolute Gasteiger partial charge is 0.226 e. The summed E-state index contributed by atoms with van der Waals surface area (Å²) in [7, 11) is 1.55. The van der Waals surface area contributed by atoms with Gasteiger partial charge in [0.05, 0.1) is 35.8 Å². The Labute approximate surface area is 161 Å². The standard InChI is InChI=1S/C20H20FN3O2S/c1-12(23-18(25)11-16-17(26-3)5-4-10-22-16)19-13(2)24-20(27-19)14-6-8-15(21)9-7-14/h4-10,12H,11H2,1-3H3,(H,23,25). The van der Waals surface area contributed by atoms with E-state index in [4.69, 9.17) is 4.74 Å². The van der Waals surface area contributed by atoms with Crippen LogP contribution in [0.2, 0.25) is 0 Å². The van der Waals surface area contributed by atoms with Crippen LogP contribution in [0.25, 0.3) is 10.6 Å². The average Bonchev–Trinajstić information content (AvgIpc) is 3.04. The van der Waals surface area contributed by atoms with Gasteiger partial charge >= 0.3 is 0 Å². The van der Waals surface area contributed by atoms with Gasteiger partial charge in [0, 0.05) is 11.8 Å². The van der Waals surface area contributed by atoms with Crippen LogP contribution >= 0.6 is 11.3 Å². The highest BCUT2D eigenvalue weighted by molar-refractivity contribution is 7.15. The highest BCUT2D eigenvalue weighted by atomic mass is 32.1. The fourth-order valence-electron chi connectivity index (χ4n) is 2.78. The number of thiazole rings is 1. The summed E-state index contributed by atoms with van der Waals surface area (Å²) in [5, 5.41) is 3.79. The molecule has 1 unspecified atom stereocenters. The molecule has 2 heterocycles. The summed E-state index contributed by atoms with van der Waals surface area (Å²) in [5.74, 6) is 0.168. The maximum atomic E-state index is 13.1. The second kappa shape index (κ2) is 8.26. The lowest BCUT2D eigenvalue weighted by Gasteiger charge is -2.13. The molecular formula is C20H20FN3O2S. The topological polar surface area (TPSA) is 64.1 Å². The van der Waals surface area contributed by atoms with Crippen LogP contribution in [-0.4, -0.2) is 23.0 Å². The van der Waals surface area contributed by atoms with Crippen molar-refractivity contribution in [1.29, 1.82) is 0 Å². The fourth-order valence-corrected chi connectivity index (χ4v) is 3.85. The molecule has 5 nitrogen and oxygen atoms in total. The number of rotatable bonds is 6. The Hall–Kier alpha value is -2.80. The van der Waals surface area contributed by atoms with E-state index in [1.165, 1.54) is 23.5 Å². The summed E-state index contributed by atoms with van der Waals surface area (Å²) >= 11 is 1.49. The summed E-state index contributed by atoms with van der Waals surface area (Å²) in [4.78, 5) is 22.2. The Kier molecular flexibility index (Phi) is 5.81. The number of amides is 1. The van der Waals surface area contributed by atoms with Crippen molar-refractivity contribution in [2.24, 2.45) is 0 Å². The average molecular weight is 385 g/mol. The van der Waals surface area contributed by atoms with Gasteiger partial charge in [0.15, 0.2) is 0 Å². The zero-order valence-electron chi connectivity index (χ0n) is 15.3. The maximum Gasteiger partial charge on any atom is 0.226 e. The first kappa shape index (κ1) is 19.0. The van der Waals surface area contributed by atoms with Crippen LogP contribution < -0.4 is 10.1 Å². The van der Waals surface area contributed by atoms with Crippen molar-refractivity contribution in [3.63, 3.8) is 0 Å². The van der Waals surface area contributed by atoms with E-state index in [2.05, 4.69) is 15.3 Å². The third-order valence-corrected chi connectivity index (χ3v) is 5.48. The van der Waals surface area contributed by atoms with Crippen LogP contribution in [-0.2, 0) is 11.2 Å². The van der Waals surface area contributed by atoms with E-state index in [1.807, 2.05) is 13.8 Å². The Morgan fingerprint density at radius 2 is 2.04 bits per heavy atom. The minimum Gasteiger partial charge on any atom is -0.495 e. The molecule has 1 aromatic carbocycles. The monoisotopic (exact) mass is 385 g/mol. The van der Waals surface area contributed by atoms with Crippen LogP contribution in [0, 0.1) is 12.7 Å². The van der Waals surface area contributed by atoms with Crippen molar-refractivity contribution in [2.45, 2.75) is 26.3 Å². The number of benzene rings is 1. The molecule has 7 heteroatoms. The molecule has 2 aromatic heterocycles. The lowest BCUT2D eigenvalue weighted by molar-refractivity contribution is -0.121. The number of hydrogen-bond donors (Lipinski definition) is 1. The number of carbonyl (C=O) groups is 1. The van der Waals surface area contributed by atoms with E-state index < -0.39 is 0 Å². The molecule has 0 saturated carbocycles. The lowest BCUT2D eigenvalue weighted by atomic mass is 10.2. The van der Waals surface area contributed by atoms with Gasteiger partial charge in [-0.15, -0.1) is 11.3 Å². The first-order valence-electron chi connectivity index (χ1n) is 8.48. The molecule has 3 rings (SSSR count). The molecule has 3 aromatic rings. The molecule has 0 aliphatic rings. The van der Waals surface area contributed by atoms with Crippen LogP contribution in [0.4, 0.5) is 4.39 Å². The van der Waals surface area contributed by atoms with Crippen LogP contribution in [0.5, 0.6) is 5.75 Å². The molecular weight excluding hydrogens is 365 g/mol. The van der Waals surface area contributed by atoms with Crippen LogP contribution in [0.3, 0.4) is 0 Å². The van der Waals surface area contributed by atoms with Gasteiger partial charge in [-0.05, 0) is 50.2 Å². The second-order valence-electron chi connectivity index (χ2n) is 6.09. The molecule has 0 aliphatic carbocycles. The molecule has 1 N–H and O–H groups in total. The number of carbonyl (C=O) groups excluding carboxylic acids is 1. The minimum absolute atomic E-state index is 0.136. The molecule has 0 aliphatic heterocycles. The van der Waals surface area contributed by atoms with E-state index in [0.29, 0.717) is 11.4 Å². The Bertz CT molecular complexity index is 941. The molecule has 27 heavy (non-hydrogen) atoms. The van der Waals surface area contributed by atoms with Gasteiger partial charge < -0.3 is 10.1 Å². The van der Waals surface area contributed by atoms with Crippen LogP contribution in [0.1, 0.15) is 29.2 Å². The Morgan fingerprint density at radius 3 is 2.74 bits per heavy atom. The third-order valence-electron chi connectivity index (χ3n) is 4.09. The van der Waals surface area contributed by atoms with Crippen LogP contribution in [0.15, 0.2) is 42.6 Å². The van der Waals surface area contributed by atoms with Crippen molar-refractivity contribution in [3.05, 3.63) is 64.7 Å². The number of aromatic nitrogens is 2. The zero-order chi connectivity index (χ0) is 19.4. The number of halogens is 1. The first-order valence-corrected chi connectivity index (χ1v) is 9.30. The molecule has 0 fully saturated rings. The molecule has 1 amide bonds. The third kappa shape index (κ3) is 4.49. The number of pyridine rings is 1. The van der Waals surface area contributed by atoms with Gasteiger partial charge in [0.25, 0.3) is 0 Å². The summed E-state index contributed by atoms with van der Waals surface area (Å²) in [6.07, 6.45) is 1.77. The summed E-state index contributed by atoms with van der Waals surface area (Å²) in [6.45, 7) is 3.83. The van der Waals surface area contributed by atoms with E-state index in [9.17, 15) is 9.18 Å². The summed E-state index contributed by atoms with van der Waals surface area (Å²) < 4.78 is 18.4. The van der Waals surface area contributed by atoms with Gasteiger partial charge in [-0.25, -0.2) is 9.37 Å². The number of methoxy groups -OCH3 is 1. The zero-order valence-corrected chi connectivity index (χ0v) is 16.1. The molecule has 140 valence electrons. The predicted molar refractivity (Wildman–Crippen MR) is 103 cm³/mol. The van der Waals surface area contributed by atoms with Gasteiger partial charge in [0.1, 0.15) is 16.6 Å².